The van der Waals surface area contributed by atoms with Gasteiger partial charge in [-0.25, -0.2) is 0 Å². The molecule has 1 saturated heterocycles. The van der Waals surface area contributed by atoms with E-state index in [1.807, 2.05) is 0 Å². The summed E-state index contributed by atoms with van der Waals surface area (Å²) < 4.78 is 33.2. The predicted octanol–water partition coefficient (Wildman–Crippen LogP) is 5.80. The molecule has 0 radical (unpaired) electrons. The van der Waals surface area contributed by atoms with Gasteiger partial charge in [0.2, 0.25) is 0 Å². The molecule has 1 rings (SSSR count). The van der Waals surface area contributed by atoms with E-state index in [-0.39, 0.29) is 0 Å². The third kappa shape index (κ3) is 9.39. The average Bonchev–Trinajstić information content (AvgIpc) is 2.15. The van der Waals surface area contributed by atoms with Crippen LogP contribution in [-0.2, 0) is 21.5 Å². The van der Waals surface area contributed by atoms with E-state index >= 15 is 0 Å². The minimum atomic E-state index is -2.87. The van der Waals surface area contributed by atoms with Crippen molar-refractivity contribution in [3.05, 3.63) is 0 Å². The highest BCUT2D eigenvalue weighted by atomic mass is 28.5. The van der Waals surface area contributed by atoms with Gasteiger partial charge in [0.25, 0.3) is 5.97 Å². The molecular formula is C16H42O5Si5. The first-order chi connectivity index (χ1) is 11.2. The molecule has 1 aliphatic rings. The molecule has 0 aromatic heterocycles. The summed E-state index contributed by atoms with van der Waals surface area (Å²) in [6.07, 6.45) is 1.70. The Labute approximate surface area is 167 Å². The smallest absolute Gasteiger partial charge is 0.416 e. The third-order valence-corrected chi connectivity index (χ3v) is 13.9. The molecule has 0 aliphatic carbocycles. The molecule has 1 fully saturated rings. The van der Waals surface area contributed by atoms with Gasteiger partial charge in [0.05, 0.1) is 0 Å². The molecule has 10 heteroatoms. The van der Waals surface area contributed by atoms with Gasteiger partial charge in [-0.05, 0) is 85.0 Å². The maximum Gasteiger partial charge on any atom is 0.483 e. The molecule has 0 saturated carbocycles. The highest BCUT2D eigenvalue weighted by Gasteiger charge is 2.58. The lowest BCUT2D eigenvalue weighted by molar-refractivity contribution is -0.292. The van der Waals surface area contributed by atoms with Gasteiger partial charge in [0.15, 0.2) is 33.3 Å². The van der Waals surface area contributed by atoms with Crippen LogP contribution in [0.15, 0.2) is 0 Å². The lowest BCUT2D eigenvalue weighted by Crippen LogP contribution is -2.66. The Balaban J connectivity index is 3.31. The summed E-state index contributed by atoms with van der Waals surface area (Å²) in [5.41, 5.74) is 0. The minimum absolute atomic E-state index is 0.750. The fourth-order valence-corrected chi connectivity index (χ4v) is 16.1. The first-order valence-electron chi connectivity index (χ1n) is 9.75. The van der Waals surface area contributed by atoms with E-state index in [1.54, 1.807) is 0 Å². The summed E-state index contributed by atoms with van der Waals surface area (Å²) in [4.78, 5) is 0. The second kappa shape index (κ2) is 7.96. The number of rotatable bonds is 8. The lowest BCUT2D eigenvalue weighted by atomic mass is 10.3. The van der Waals surface area contributed by atoms with Crippen LogP contribution in [0.1, 0.15) is 12.8 Å². The van der Waals surface area contributed by atoms with Crippen molar-refractivity contribution in [2.75, 3.05) is 0 Å². The van der Waals surface area contributed by atoms with E-state index in [0.29, 0.717) is 0 Å². The highest BCUT2D eigenvalue weighted by Crippen LogP contribution is 2.42. The Morgan fingerprint density at radius 2 is 1.04 bits per heavy atom. The van der Waals surface area contributed by atoms with Crippen molar-refractivity contribution >= 4 is 42.1 Å². The van der Waals surface area contributed by atoms with Gasteiger partial charge in [-0.1, -0.05) is 0 Å². The summed E-state index contributed by atoms with van der Waals surface area (Å²) in [6.45, 7) is 26.3. The molecule has 0 spiro atoms. The quantitative estimate of drug-likeness (QED) is 0.343. The summed E-state index contributed by atoms with van der Waals surface area (Å²) in [6, 6.07) is 0.855. The van der Waals surface area contributed by atoms with Crippen LogP contribution in [0.3, 0.4) is 0 Å². The van der Waals surface area contributed by atoms with Crippen LogP contribution in [0.5, 0.6) is 0 Å². The zero-order chi connectivity index (χ0) is 20.7. The Morgan fingerprint density at radius 1 is 0.654 bits per heavy atom. The molecule has 0 amide bonds. The van der Waals surface area contributed by atoms with Crippen LogP contribution in [0, 0.1) is 0 Å². The fraction of sp³-hybridized carbons (Fsp3) is 1.00. The van der Waals surface area contributed by atoms with Crippen molar-refractivity contribution < 1.29 is 21.5 Å². The minimum Gasteiger partial charge on any atom is -0.416 e. The second-order valence-corrected chi connectivity index (χ2v) is 32.2. The van der Waals surface area contributed by atoms with Crippen LogP contribution >= 0.6 is 0 Å². The average molecular weight is 455 g/mol. The van der Waals surface area contributed by atoms with E-state index in [1.165, 1.54) is 0 Å². The molecule has 0 unspecified atom stereocenters. The lowest BCUT2D eigenvalue weighted by Gasteiger charge is -2.51. The zero-order valence-electron chi connectivity index (χ0n) is 19.2. The first-order valence-corrected chi connectivity index (χ1v) is 25.3. The van der Waals surface area contributed by atoms with Crippen LogP contribution in [0.4, 0.5) is 0 Å². The highest BCUT2D eigenvalue weighted by molar-refractivity contribution is 6.85. The van der Waals surface area contributed by atoms with E-state index in [0.717, 1.165) is 18.9 Å². The van der Waals surface area contributed by atoms with Crippen molar-refractivity contribution in [3.8, 4) is 0 Å². The Hall–Kier alpha value is 0.884. The number of hydrogen-bond acceptors (Lipinski definition) is 5. The molecule has 26 heavy (non-hydrogen) atoms. The van der Waals surface area contributed by atoms with Gasteiger partial charge < -0.3 is 21.5 Å². The predicted molar refractivity (Wildman–Crippen MR) is 121 cm³/mol. The molecular weight excluding hydrogens is 413 g/mol. The van der Waals surface area contributed by atoms with Gasteiger partial charge in [0, 0.05) is 12.5 Å². The van der Waals surface area contributed by atoms with Crippen molar-refractivity contribution in [1.82, 2.24) is 0 Å². The maximum absolute atomic E-state index is 6.75. The van der Waals surface area contributed by atoms with Crippen LogP contribution in [0.2, 0.25) is 84.6 Å². The Bertz CT molecular complexity index is 399. The van der Waals surface area contributed by atoms with Crippen molar-refractivity contribution in [2.24, 2.45) is 0 Å². The Morgan fingerprint density at radius 3 is 1.35 bits per heavy atom. The monoisotopic (exact) mass is 454 g/mol. The fourth-order valence-electron chi connectivity index (χ4n) is 3.06. The van der Waals surface area contributed by atoms with E-state index in [4.69, 9.17) is 21.5 Å². The molecule has 1 aliphatic heterocycles. The molecule has 0 bridgehead atoms. The molecule has 156 valence electrons. The van der Waals surface area contributed by atoms with Gasteiger partial charge >= 0.3 is 8.80 Å². The van der Waals surface area contributed by atoms with Crippen LogP contribution in [-0.4, -0.2) is 48.0 Å². The van der Waals surface area contributed by atoms with E-state index in [2.05, 4.69) is 78.6 Å². The molecule has 0 atom stereocenters. The molecule has 0 N–H and O–H groups in total. The molecule has 1 heterocycles. The van der Waals surface area contributed by atoms with Crippen molar-refractivity contribution in [2.45, 2.75) is 103 Å². The third-order valence-electron chi connectivity index (χ3n) is 3.12. The van der Waals surface area contributed by atoms with Gasteiger partial charge in [-0.2, -0.15) is 0 Å². The number of hydrogen-bond donors (Lipinski definition) is 0. The topological polar surface area (TPSA) is 46.2 Å². The van der Waals surface area contributed by atoms with E-state index in [9.17, 15) is 0 Å². The van der Waals surface area contributed by atoms with Gasteiger partial charge in [-0.15, -0.1) is 0 Å². The normalized spacial score (nSPS) is 21.7. The Kier molecular flexibility index (Phi) is 7.63. The van der Waals surface area contributed by atoms with E-state index < -0.39 is 48.0 Å². The summed E-state index contributed by atoms with van der Waals surface area (Å²) in [7, 11) is -10.4. The summed E-state index contributed by atoms with van der Waals surface area (Å²) in [5.74, 6) is -1.00. The largest absolute Gasteiger partial charge is 0.483 e. The second-order valence-electron chi connectivity index (χ2n) is 11.2. The van der Waals surface area contributed by atoms with Crippen molar-refractivity contribution in [1.29, 1.82) is 0 Å². The van der Waals surface area contributed by atoms with Crippen LogP contribution in [0.25, 0.3) is 0 Å². The SMILES string of the molecule is C[Si](C)(C)OC1(O[Si](C)(C)C)CCC[Si](O[Si](C)(C)C)(O[Si](C)(C)C)O1. The summed E-state index contributed by atoms with van der Waals surface area (Å²) >= 11 is 0. The van der Waals surface area contributed by atoms with Gasteiger partial charge in [0.1, 0.15) is 0 Å². The standard InChI is InChI=1S/C16H42O5Si5/c1-22(2,3)17-16(18-23(4,5)6)14-13-15-26(19-16,20-24(7,8)9)21-25(10,11)12/h13-15H2,1-12H3. The molecule has 0 aromatic carbocycles. The zero-order valence-corrected chi connectivity index (χ0v) is 24.2. The molecule has 0 aromatic rings. The van der Waals surface area contributed by atoms with Crippen molar-refractivity contribution in [3.63, 3.8) is 0 Å². The first kappa shape index (κ1) is 24.9. The van der Waals surface area contributed by atoms with Gasteiger partial charge in [-0.3, -0.25) is 0 Å². The summed E-state index contributed by atoms with van der Waals surface area (Å²) in [5, 5.41) is 0. The van der Waals surface area contributed by atoms with Crippen LogP contribution < -0.4 is 0 Å². The maximum atomic E-state index is 6.75. The molecule has 5 nitrogen and oxygen atoms in total.